The topological polar surface area (TPSA) is 9.03 Å². The van der Waals surface area contributed by atoms with Gasteiger partial charge < -0.3 is 0 Å². The van der Waals surface area contributed by atoms with Gasteiger partial charge in [-0.1, -0.05) is 60.7 Å². The molecular formula is C24H21N2+. The molecule has 0 atom stereocenters. The Morgan fingerprint density at radius 1 is 0.846 bits per heavy atom. The van der Waals surface area contributed by atoms with Gasteiger partial charge in [0.05, 0.1) is 12.4 Å². The maximum Gasteiger partial charge on any atom is 0.295 e. The molecule has 0 N–H and O–H groups in total. The molecule has 0 spiro atoms. The maximum atomic E-state index is 8.09. The van der Waals surface area contributed by atoms with Gasteiger partial charge in [0, 0.05) is 20.4 Å². The molecule has 0 fully saturated rings. The van der Waals surface area contributed by atoms with Crippen molar-refractivity contribution in [1.82, 2.24) is 4.57 Å². The van der Waals surface area contributed by atoms with Gasteiger partial charge in [-0.3, -0.25) is 0 Å². The Labute approximate surface area is 157 Å². The van der Waals surface area contributed by atoms with Crippen LogP contribution in [0.3, 0.4) is 0 Å². The third-order valence-corrected chi connectivity index (χ3v) is 5.30. The second-order valence-corrected chi connectivity index (χ2v) is 6.83. The Hall–Kier alpha value is -3.13. The molecule has 5 rings (SSSR count). The van der Waals surface area contributed by atoms with E-state index in [4.69, 9.17) is 4.11 Å². The van der Waals surface area contributed by atoms with Crippen LogP contribution in [0.4, 0.5) is 0 Å². The molecule has 26 heavy (non-hydrogen) atoms. The van der Waals surface area contributed by atoms with Crippen molar-refractivity contribution in [2.45, 2.75) is 13.8 Å². The number of aryl methyl sites for hydroxylation is 3. The minimum absolute atomic E-state index is 0.394. The van der Waals surface area contributed by atoms with Crippen molar-refractivity contribution in [2.24, 2.45) is 7.05 Å². The van der Waals surface area contributed by atoms with Gasteiger partial charge in [0.2, 0.25) is 0 Å². The van der Waals surface area contributed by atoms with Crippen LogP contribution in [0.2, 0.25) is 0 Å². The van der Waals surface area contributed by atoms with Crippen molar-refractivity contribution < 1.29 is 8.51 Å². The first-order valence-corrected chi connectivity index (χ1v) is 8.79. The lowest BCUT2D eigenvalue weighted by molar-refractivity contribution is -0.478. The lowest BCUT2D eigenvalue weighted by atomic mass is 9.99. The highest BCUT2D eigenvalue weighted by atomic mass is 15.1. The number of rotatable bonds is 1. The minimum Gasteiger partial charge on any atom is -0.225 e. The summed E-state index contributed by atoms with van der Waals surface area (Å²) in [6.07, 6.45) is 2.11. The monoisotopic (exact) mass is 340 g/mol. The summed E-state index contributed by atoms with van der Waals surface area (Å²) >= 11 is 0. The van der Waals surface area contributed by atoms with Crippen molar-refractivity contribution in [3.8, 4) is 11.3 Å². The predicted octanol–water partition coefficient (Wildman–Crippen LogP) is 5.35. The van der Waals surface area contributed by atoms with Crippen LogP contribution in [0.25, 0.3) is 38.6 Å². The van der Waals surface area contributed by atoms with Crippen molar-refractivity contribution in [1.29, 1.82) is 0 Å². The lowest BCUT2D eigenvalue weighted by Crippen LogP contribution is -2.21. The van der Waals surface area contributed by atoms with E-state index in [0.29, 0.717) is 5.56 Å². The van der Waals surface area contributed by atoms with Crippen LogP contribution >= 0.6 is 0 Å². The minimum atomic E-state index is -2.18. The third kappa shape index (κ3) is 1.96. The van der Waals surface area contributed by atoms with Gasteiger partial charge in [-0.15, -0.1) is 0 Å². The summed E-state index contributed by atoms with van der Waals surface area (Å²) in [5.74, 6) is 0. The van der Waals surface area contributed by atoms with Crippen LogP contribution in [-0.4, -0.2) is 4.57 Å². The van der Waals surface area contributed by atoms with Gasteiger partial charge in [0.15, 0.2) is 5.69 Å². The number of aromatic nitrogens is 2. The first-order valence-electron chi connectivity index (χ1n) is 10.3. The fourth-order valence-corrected chi connectivity index (χ4v) is 4.09. The molecule has 0 aliphatic heterocycles. The summed E-state index contributed by atoms with van der Waals surface area (Å²) in [6, 6.07) is 22.0. The first kappa shape index (κ1) is 12.3. The Balaban J connectivity index is 2.07. The zero-order chi connectivity index (χ0) is 20.3. The molecule has 0 aliphatic rings. The molecule has 0 aliphatic carbocycles. The highest BCUT2D eigenvalue weighted by Crippen LogP contribution is 2.32. The standard InChI is InChI=1S/C24H21N2/c1-16-10-8-14-20-22(16)19-13-7-9-17(2)23(19)24-25(3)21(15-26(20)24)18-11-5-4-6-12-18/h4-15H,1-3H3/q+1/i1D3. The quantitative estimate of drug-likeness (QED) is 0.287. The smallest absolute Gasteiger partial charge is 0.225 e. The van der Waals surface area contributed by atoms with Crippen LogP contribution < -0.4 is 4.40 Å². The summed E-state index contributed by atoms with van der Waals surface area (Å²) in [5.41, 5.74) is 5.70. The Kier molecular flexibility index (Phi) is 2.56. The third-order valence-electron chi connectivity index (χ3n) is 5.30. The molecule has 5 aromatic rings. The normalized spacial score (nSPS) is 13.8. The number of hydrogen-bond donors (Lipinski definition) is 0. The molecular weight excluding hydrogens is 316 g/mol. The zero-order valence-electron chi connectivity index (χ0n) is 17.8. The molecule has 2 aromatic heterocycles. The fourth-order valence-electron chi connectivity index (χ4n) is 4.09. The van der Waals surface area contributed by atoms with Gasteiger partial charge in [-0.2, -0.15) is 4.40 Å². The molecule has 0 bridgehead atoms. The SMILES string of the molecule is [2H]C([2H])([2H])c1cccc2c1c1cccc(C)c1c1n(C)c(-c3ccccc3)c[n+]21. The fraction of sp³-hybridized carbons (Fsp3) is 0.125. The molecule has 2 heterocycles. The van der Waals surface area contributed by atoms with Crippen LogP contribution in [0.5, 0.6) is 0 Å². The molecule has 0 unspecified atom stereocenters. The number of pyridine rings is 1. The van der Waals surface area contributed by atoms with E-state index in [1.807, 2.05) is 42.5 Å². The van der Waals surface area contributed by atoms with E-state index in [2.05, 4.69) is 47.3 Å². The van der Waals surface area contributed by atoms with Gasteiger partial charge in [-0.25, -0.2) is 4.57 Å². The Morgan fingerprint density at radius 3 is 2.42 bits per heavy atom. The molecule has 0 saturated carbocycles. The summed E-state index contributed by atoms with van der Waals surface area (Å²) < 4.78 is 28.6. The highest BCUT2D eigenvalue weighted by Gasteiger charge is 2.23. The van der Waals surface area contributed by atoms with Gasteiger partial charge in [-0.05, 0) is 31.0 Å². The van der Waals surface area contributed by atoms with E-state index in [9.17, 15) is 0 Å². The molecule has 126 valence electrons. The van der Waals surface area contributed by atoms with E-state index in [-0.39, 0.29) is 0 Å². The van der Waals surface area contributed by atoms with Gasteiger partial charge in [0.25, 0.3) is 5.65 Å². The molecule has 0 radical (unpaired) electrons. The average molecular weight is 340 g/mol. The Bertz CT molecular complexity index is 1400. The largest absolute Gasteiger partial charge is 0.295 e. The van der Waals surface area contributed by atoms with E-state index < -0.39 is 6.85 Å². The summed E-state index contributed by atoms with van der Waals surface area (Å²) in [4.78, 5) is 0. The van der Waals surface area contributed by atoms with Gasteiger partial charge >= 0.3 is 0 Å². The van der Waals surface area contributed by atoms with E-state index in [1.165, 1.54) is 0 Å². The number of imidazole rings is 1. The zero-order valence-corrected chi connectivity index (χ0v) is 14.8. The van der Waals surface area contributed by atoms with Crippen molar-refractivity contribution in [2.75, 3.05) is 0 Å². The second kappa shape index (κ2) is 5.43. The molecule has 3 aromatic carbocycles. The number of nitrogens with zero attached hydrogens (tertiary/aromatic N) is 2. The summed E-state index contributed by atoms with van der Waals surface area (Å²) in [7, 11) is 2.07. The summed E-state index contributed by atoms with van der Waals surface area (Å²) in [5, 5.41) is 2.86. The van der Waals surface area contributed by atoms with Crippen LogP contribution in [0.15, 0.2) is 72.9 Å². The highest BCUT2D eigenvalue weighted by molar-refractivity contribution is 6.11. The maximum absolute atomic E-state index is 8.09. The number of benzene rings is 3. The van der Waals surface area contributed by atoms with Crippen molar-refractivity contribution >= 4 is 27.3 Å². The second-order valence-electron chi connectivity index (χ2n) is 6.83. The van der Waals surface area contributed by atoms with Gasteiger partial charge in [0.1, 0.15) is 11.7 Å². The molecule has 2 nitrogen and oxygen atoms in total. The first-order chi connectivity index (χ1) is 13.9. The lowest BCUT2D eigenvalue weighted by Gasteiger charge is -2.08. The average Bonchev–Trinajstić information content (AvgIpc) is 3.05. The Morgan fingerprint density at radius 2 is 1.62 bits per heavy atom. The van der Waals surface area contributed by atoms with E-state index in [0.717, 1.165) is 44.1 Å². The molecule has 0 amide bonds. The van der Waals surface area contributed by atoms with Crippen LogP contribution in [-0.2, 0) is 7.05 Å². The summed E-state index contributed by atoms with van der Waals surface area (Å²) in [6.45, 7) is -0.0945. The predicted molar refractivity (Wildman–Crippen MR) is 108 cm³/mol. The van der Waals surface area contributed by atoms with Crippen molar-refractivity contribution in [3.63, 3.8) is 0 Å². The van der Waals surface area contributed by atoms with Crippen LogP contribution in [0.1, 0.15) is 15.2 Å². The molecule has 0 saturated heterocycles. The number of hydrogen-bond acceptors (Lipinski definition) is 0. The van der Waals surface area contributed by atoms with Crippen molar-refractivity contribution in [3.05, 3.63) is 84.1 Å². The van der Waals surface area contributed by atoms with E-state index >= 15 is 0 Å². The number of fused-ring (bicyclic) bond motifs is 6. The van der Waals surface area contributed by atoms with Crippen LogP contribution in [0, 0.1) is 13.8 Å². The molecule has 2 heteroatoms. The van der Waals surface area contributed by atoms with E-state index in [1.54, 1.807) is 6.07 Å².